The van der Waals surface area contributed by atoms with E-state index in [-0.39, 0.29) is 5.75 Å². The Hall–Kier alpha value is -1.66. The molecule has 19 heavy (non-hydrogen) atoms. The molecule has 5 nitrogen and oxygen atoms in total. The molecule has 6 heteroatoms. The second-order valence-corrected chi connectivity index (χ2v) is 6.72. The topological polar surface area (TPSA) is 62.3 Å². The van der Waals surface area contributed by atoms with Crippen LogP contribution in [0.2, 0.25) is 0 Å². The van der Waals surface area contributed by atoms with Crippen molar-refractivity contribution in [3.05, 3.63) is 36.4 Å². The van der Waals surface area contributed by atoms with Crippen LogP contribution >= 0.6 is 0 Å². The molecule has 0 aliphatic carbocycles. The van der Waals surface area contributed by atoms with Crippen molar-refractivity contribution in [2.75, 3.05) is 31.7 Å². The number of aromatic nitrogens is 1. The second kappa shape index (κ2) is 5.54. The summed E-state index contributed by atoms with van der Waals surface area (Å²) in [6, 6.07) is 11.6. The first-order valence-electron chi connectivity index (χ1n) is 5.99. The van der Waals surface area contributed by atoms with E-state index in [1.54, 1.807) is 0 Å². The van der Waals surface area contributed by atoms with Gasteiger partial charge in [0.2, 0.25) is 10.0 Å². The maximum Gasteiger partial charge on any atom is 0.215 e. The lowest BCUT2D eigenvalue weighted by Gasteiger charge is -2.12. The normalized spacial score (nSPS) is 11.9. The second-order valence-electron chi connectivity index (χ2n) is 4.41. The summed E-state index contributed by atoms with van der Waals surface area (Å²) in [6.07, 6.45) is 0. The van der Waals surface area contributed by atoms with E-state index >= 15 is 0 Å². The van der Waals surface area contributed by atoms with Gasteiger partial charge in [-0.3, -0.25) is 0 Å². The molecule has 0 atom stereocenters. The van der Waals surface area contributed by atoms with Crippen molar-refractivity contribution in [3.63, 3.8) is 0 Å². The molecule has 2 rings (SSSR count). The molecule has 0 fully saturated rings. The Balaban J connectivity index is 2.03. The van der Waals surface area contributed by atoms with Crippen LogP contribution in [0.3, 0.4) is 0 Å². The first kappa shape index (κ1) is 13.8. The third-order valence-electron chi connectivity index (χ3n) is 2.82. The van der Waals surface area contributed by atoms with Gasteiger partial charge >= 0.3 is 0 Å². The molecular weight excluding hydrogens is 262 g/mol. The number of anilines is 1. The molecule has 0 radical (unpaired) electrons. The fraction of sp³-hybridized carbons (Fsp3) is 0.308. The van der Waals surface area contributed by atoms with E-state index in [9.17, 15) is 8.42 Å². The summed E-state index contributed by atoms with van der Waals surface area (Å²) in [6.45, 7) is 0.339. The van der Waals surface area contributed by atoms with E-state index in [0.717, 1.165) is 10.9 Å². The quantitative estimate of drug-likeness (QED) is 0.902. The van der Waals surface area contributed by atoms with Gasteiger partial charge in [-0.1, -0.05) is 18.2 Å². The highest BCUT2D eigenvalue weighted by Gasteiger charge is 2.12. The van der Waals surface area contributed by atoms with Crippen LogP contribution < -0.4 is 5.32 Å². The summed E-state index contributed by atoms with van der Waals surface area (Å²) >= 11 is 0. The van der Waals surface area contributed by atoms with Crippen molar-refractivity contribution < 1.29 is 8.42 Å². The lowest BCUT2D eigenvalue weighted by Crippen LogP contribution is -2.28. The van der Waals surface area contributed by atoms with Gasteiger partial charge in [0, 0.05) is 26.0 Å². The Bertz CT molecular complexity index is 668. The van der Waals surface area contributed by atoms with Crippen LogP contribution in [-0.2, 0) is 10.0 Å². The number of hydrogen-bond donors (Lipinski definition) is 1. The van der Waals surface area contributed by atoms with Crippen molar-refractivity contribution in [1.29, 1.82) is 0 Å². The van der Waals surface area contributed by atoms with Crippen LogP contribution in [0.25, 0.3) is 10.9 Å². The summed E-state index contributed by atoms with van der Waals surface area (Å²) in [5.74, 6) is 0.738. The van der Waals surface area contributed by atoms with Gasteiger partial charge in [0.25, 0.3) is 0 Å². The molecule has 1 aromatic carbocycles. The average Bonchev–Trinajstić information content (AvgIpc) is 2.38. The number of para-hydroxylation sites is 1. The molecule has 0 saturated heterocycles. The number of rotatable bonds is 5. The van der Waals surface area contributed by atoms with Crippen molar-refractivity contribution in [2.24, 2.45) is 0 Å². The van der Waals surface area contributed by atoms with E-state index in [2.05, 4.69) is 10.3 Å². The largest absolute Gasteiger partial charge is 0.369 e. The number of nitrogens with zero attached hydrogens (tertiary/aromatic N) is 2. The van der Waals surface area contributed by atoms with Gasteiger partial charge < -0.3 is 5.32 Å². The van der Waals surface area contributed by atoms with Crippen LogP contribution in [-0.4, -0.2) is 44.1 Å². The number of benzene rings is 1. The zero-order valence-corrected chi connectivity index (χ0v) is 11.8. The first-order chi connectivity index (χ1) is 8.99. The standard InChI is InChI=1S/C13H17N3O2S/c1-16(2)19(17,18)10-9-14-13-8-7-11-5-3-4-6-12(11)15-13/h3-8H,9-10H2,1-2H3,(H,14,15). The highest BCUT2D eigenvalue weighted by molar-refractivity contribution is 7.89. The van der Waals surface area contributed by atoms with Crippen molar-refractivity contribution in [1.82, 2.24) is 9.29 Å². The molecule has 0 bridgehead atoms. The molecule has 1 aromatic heterocycles. The SMILES string of the molecule is CN(C)S(=O)(=O)CCNc1ccc2ccccc2n1. The summed E-state index contributed by atoms with van der Waals surface area (Å²) in [5.41, 5.74) is 0.892. The zero-order chi connectivity index (χ0) is 13.9. The molecule has 0 amide bonds. The Morgan fingerprint density at radius 3 is 2.63 bits per heavy atom. The molecule has 0 aliphatic rings. The molecule has 1 heterocycles. The predicted molar refractivity (Wildman–Crippen MR) is 77.7 cm³/mol. The van der Waals surface area contributed by atoms with E-state index in [4.69, 9.17) is 0 Å². The fourth-order valence-corrected chi connectivity index (χ4v) is 2.38. The maximum absolute atomic E-state index is 11.6. The van der Waals surface area contributed by atoms with Gasteiger partial charge in [-0.25, -0.2) is 17.7 Å². The minimum absolute atomic E-state index is 0.0501. The third kappa shape index (κ3) is 3.42. The summed E-state index contributed by atoms with van der Waals surface area (Å²) < 4.78 is 24.4. The first-order valence-corrected chi connectivity index (χ1v) is 7.60. The molecule has 0 aliphatic heterocycles. The fourth-order valence-electron chi connectivity index (χ4n) is 1.66. The van der Waals surface area contributed by atoms with E-state index in [1.165, 1.54) is 18.4 Å². The predicted octanol–water partition coefficient (Wildman–Crippen LogP) is 1.54. The molecule has 0 unspecified atom stereocenters. The highest BCUT2D eigenvalue weighted by Crippen LogP contribution is 2.14. The number of hydrogen-bond acceptors (Lipinski definition) is 4. The Labute approximate surface area is 113 Å². The molecule has 2 aromatic rings. The summed E-state index contributed by atoms with van der Waals surface area (Å²) in [5, 5.41) is 4.09. The average molecular weight is 279 g/mol. The third-order valence-corrected chi connectivity index (χ3v) is 4.65. The van der Waals surface area contributed by atoms with Crippen LogP contribution in [0.1, 0.15) is 0 Å². The van der Waals surface area contributed by atoms with E-state index in [0.29, 0.717) is 12.4 Å². The minimum Gasteiger partial charge on any atom is -0.369 e. The van der Waals surface area contributed by atoms with Gasteiger partial charge in [-0.05, 0) is 18.2 Å². The summed E-state index contributed by atoms with van der Waals surface area (Å²) in [7, 11) is -0.105. The minimum atomic E-state index is -3.17. The number of fused-ring (bicyclic) bond motifs is 1. The molecule has 102 valence electrons. The number of nitrogens with one attached hydrogen (secondary N) is 1. The van der Waals surface area contributed by atoms with E-state index in [1.807, 2.05) is 36.4 Å². The van der Waals surface area contributed by atoms with Gasteiger partial charge in [-0.15, -0.1) is 0 Å². The lowest BCUT2D eigenvalue weighted by atomic mass is 10.2. The van der Waals surface area contributed by atoms with Crippen molar-refractivity contribution in [2.45, 2.75) is 0 Å². The van der Waals surface area contributed by atoms with Crippen LogP contribution in [0.4, 0.5) is 5.82 Å². The summed E-state index contributed by atoms with van der Waals surface area (Å²) in [4.78, 5) is 4.42. The monoisotopic (exact) mass is 279 g/mol. The highest BCUT2D eigenvalue weighted by atomic mass is 32.2. The molecular formula is C13H17N3O2S. The van der Waals surface area contributed by atoms with Gasteiger partial charge in [0.1, 0.15) is 5.82 Å². The van der Waals surface area contributed by atoms with E-state index < -0.39 is 10.0 Å². The van der Waals surface area contributed by atoms with Crippen LogP contribution in [0, 0.1) is 0 Å². The molecule has 0 spiro atoms. The lowest BCUT2D eigenvalue weighted by molar-refractivity contribution is 0.521. The maximum atomic E-state index is 11.6. The smallest absolute Gasteiger partial charge is 0.215 e. The van der Waals surface area contributed by atoms with Gasteiger partial charge in [-0.2, -0.15) is 0 Å². The van der Waals surface area contributed by atoms with Crippen molar-refractivity contribution in [3.8, 4) is 0 Å². The molecule has 1 N–H and O–H groups in total. The van der Waals surface area contributed by atoms with Crippen LogP contribution in [0.5, 0.6) is 0 Å². The Kier molecular flexibility index (Phi) is 4.01. The van der Waals surface area contributed by atoms with Crippen molar-refractivity contribution >= 4 is 26.7 Å². The van der Waals surface area contributed by atoms with Gasteiger partial charge in [0.15, 0.2) is 0 Å². The van der Waals surface area contributed by atoms with Crippen LogP contribution in [0.15, 0.2) is 36.4 Å². The Morgan fingerprint density at radius 2 is 1.89 bits per heavy atom. The zero-order valence-electron chi connectivity index (χ0n) is 11.0. The van der Waals surface area contributed by atoms with Gasteiger partial charge in [0.05, 0.1) is 11.3 Å². The molecule has 0 saturated carbocycles. The Morgan fingerprint density at radius 1 is 1.16 bits per heavy atom. The number of sulfonamides is 1. The number of pyridine rings is 1.